The van der Waals surface area contributed by atoms with Crippen molar-refractivity contribution in [1.82, 2.24) is 0 Å². The summed E-state index contributed by atoms with van der Waals surface area (Å²) in [4.78, 5) is 0. The average molecular weight is 500 g/mol. The molecule has 0 unspecified atom stereocenters. The van der Waals surface area contributed by atoms with E-state index < -0.39 is 0 Å². The molecule has 0 aromatic heterocycles. The van der Waals surface area contributed by atoms with Gasteiger partial charge in [0.2, 0.25) is 0 Å². The molecule has 9 heteroatoms. The molecular weight excluding hydrogens is 500 g/mol. The second kappa shape index (κ2) is 81.2. The van der Waals surface area contributed by atoms with Crippen LogP contribution in [0.1, 0.15) is 0 Å². The Labute approximate surface area is 150 Å². The van der Waals surface area contributed by atoms with Crippen LogP contribution < -0.4 is 0 Å². The molecule has 0 aliphatic carbocycles. The van der Waals surface area contributed by atoms with E-state index in [0.717, 1.165) is 0 Å². The third-order valence-corrected chi connectivity index (χ3v) is 0. The van der Waals surface area contributed by atoms with Gasteiger partial charge in [-0.2, -0.15) is 0 Å². The van der Waals surface area contributed by atoms with Crippen LogP contribution in [0.2, 0.25) is 0 Å². The Kier molecular flexibility index (Phi) is 934. The van der Waals surface area contributed by atoms with Crippen LogP contribution in [0.25, 0.3) is 0 Å². The molecule has 0 nitrogen and oxygen atoms in total. The Morgan fingerprint density at radius 2 is 0.333 bits per heavy atom. The summed E-state index contributed by atoms with van der Waals surface area (Å²) in [5.41, 5.74) is 0. The van der Waals surface area contributed by atoms with Gasteiger partial charge in [0.15, 0.2) is 0 Å². The van der Waals surface area contributed by atoms with Crippen molar-refractivity contribution in [3.8, 4) is 0 Å². The fourth-order valence-corrected chi connectivity index (χ4v) is 0. The van der Waals surface area contributed by atoms with Crippen molar-refractivity contribution in [2.75, 3.05) is 0 Å². The molecule has 0 heterocycles. The van der Waals surface area contributed by atoms with Gasteiger partial charge >= 0.3 is 85.8 Å². The summed E-state index contributed by atoms with van der Waals surface area (Å²) in [5, 5.41) is 0. The molecule has 0 saturated heterocycles. The average Bonchev–Trinajstić information content (AvgIpc) is 0. The van der Waals surface area contributed by atoms with E-state index in [0.29, 0.717) is 0 Å². The van der Waals surface area contributed by atoms with Gasteiger partial charge in [-0.05, 0) is 0 Å². The molecule has 50 valence electrons. The van der Waals surface area contributed by atoms with Gasteiger partial charge in [-0.15, -0.1) is 0 Å². The Morgan fingerprint density at radius 1 is 0.333 bits per heavy atom. The third kappa shape index (κ3) is 67.7. The van der Waals surface area contributed by atoms with E-state index in [4.69, 9.17) is 0 Å². The van der Waals surface area contributed by atoms with Crippen LogP contribution in [0.15, 0.2) is 0 Å². The monoisotopic (exact) mass is 500 g/mol. The molecule has 0 bridgehead atoms. The van der Waals surface area contributed by atoms with Gasteiger partial charge < -0.3 is 67.5 Å². The fourth-order valence-electron chi connectivity index (χ4n) is 0. The number of rotatable bonds is 0. The standard InChI is InChI=1S/2In.2Mn.5S/q2*+3;2*+2;5*-2. The third-order valence-electron chi connectivity index (χ3n) is 0. The van der Waals surface area contributed by atoms with E-state index in [1.54, 1.807) is 0 Å². The minimum absolute atomic E-state index is 0. The molecule has 2 radical (unpaired) electrons. The van der Waals surface area contributed by atoms with Gasteiger partial charge in [0.1, 0.15) is 0 Å². The van der Waals surface area contributed by atoms with E-state index in [-0.39, 0.29) is 153 Å². The van der Waals surface area contributed by atoms with Crippen molar-refractivity contribution in [2.45, 2.75) is 0 Å². The summed E-state index contributed by atoms with van der Waals surface area (Å²) in [6.45, 7) is 0. The summed E-state index contributed by atoms with van der Waals surface area (Å²) < 4.78 is 0. The summed E-state index contributed by atoms with van der Waals surface area (Å²) in [5.74, 6) is 0. The smallest absolute Gasteiger partial charge is 2.00 e. The van der Waals surface area contributed by atoms with Crippen LogP contribution in [-0.2, 0) is 102 Å². The largest absolute Gasteiger partial charge is 3.00 e. The number of hydrogen-bond donors (Lipinski definition) is 0. The van der Waals surface area contributed by atoms with Crippen molar-refractivity contribution in [1.29, 1.82) is 0 Å². The predicted molar refractivity (Wildman–Crippen MR) is 48.3 cm³/mol. The zero-order chi connectivity index (χ0) is 0. The van der Waals surface area contributed by atoms with E-state index >= 15 is 0 Å². The summed E-state index contributed by atoms with van der Waals surface area (Å²) in [6, 6.07) is 0. The van der Waals surface area contributed by atoms with E-state index in [2.05, 4.69) is 0 Å². The quantitative estimate of drug-likeness (QED) is 0.384. The second-order valence-electron chi connectivity index (χ2n) is 0. The molecule has 0 rings (SSSR count). The molecule has 0 atom stereocenters. The van der Waals surface area contributed by atoms with Crippen molar-refractivity contribution in [3.63, 3.8) is 0 Å². The summed E-state index contributed by atoms with van der Waals surface area (Å²) >= 11 is 0. The molecule has 0 fully saturated rings. The first-order valence-corrected chi connectivity index (χ1v) is 0. The van der Waals surface area contributed by atoms with E-state index in [1.807, 2.05) is 0 Å². The van der Waals surface area contributed by atoms with E-state index in [1.165, 1.54) is 0 Å². The minimum atomic E-state index is 0. The molecule has 0 aliphatic heterocycles. The Morgan fingerprint density at radius 3 is 0.333 bits per heavy atom. The molecule has 0 aliphatic rings. The Balaban J connectivity index is 0. The maximum Gasteiger partial charge on any atom is 3.00 e. The molecule has 0 amide bonds. The first-order chi connectivity index (χ1) is 0. The molecule has 0 spiro atoms. The van der Waals surface area contributed by atoms with Gasteiger partial charge in [-0.3, -0.25) is 0 Å². The predicted octanol–water partition coefficient (Wildman–Crippen LogP) is -0.779. The molecular formula is In2Mn2S5. The zero-order valence-electron chi connectivity index (χ0n) is 3.95. The topological polar surface area (TPSA) is 0 Å². The number of hydrogen-bond acceptors (Lipinski definition) is 0. The maximum atomic E-state index is 0. The van der Waals surface area contributed by atoms with Crippen LogP contribution in [0.3, 0.4) is 0 Å². The summed E-state index contributed by atoms with van der Waals surface area (Å²) in [6.07, 6.45) is 0. The second-order valence-corrected chi connectivity index (χ2v) is 0. The molecule has 0 N–H and O–H groups in total. The van der Waals surface area contributed by atoms with Gasteiger partial charge in [0.05, 0.1) is 0 Å². The first-order valence-electron chi connectivity index (χ1n) is 0. The van der Waals surface area contributed by atoms with E-state index in [9.17, 15) is 0 Å². The Bertz CT molecular complexity index is 12.9. The first kappa shape index (κ1) is 104. The van der Waals surface area contributed by atoms with Gasteiger partial charge in [-0.1, -0.05) is 0 Å². The van der Waals surface area contributed by atoms with Crippen LogP contribution in [0.4, 0.5) is 0 Å². The minimum Gasteiger partial charge on any atom is -2.00 e. The normalized spacial score (nSPS) is 0. The SMILES string of the molecule is [In+3].[In+3].[Mn+2].[Mn+2].[S-2].[S-2].[S-2].[S-2].[S-2]. The molecule has 0 saturated carbocycles. The van der Waals surface area contributed by atoms with Crippen LogP contribution >= 0.6 is 0 Å². The molecule has 0 aromatic carbocycles. The van der Waals surface area contributed by atoms with Gasteiger partial charge in [0, 0.05) is 0 Å². The molecule has 0 aromatic rings. The van der Waals surface area contributed by atoms with Crippen LogP contribution in [0.5, 0.6) is 0 Å². The van der Waals surface area contributed by atoms with Crippen molar-refractivity contribution in [3.05, 3.63) is 0 Å². The molecule has 9 heavy (non-hydrogen) atoms. The van der Waals surface area contributed by atoms with Gasteiger partial charge in [0.25, 0.3) is 0 Å². The zero-order valence-corrected chi connectivity index (χ0v) is 17.0. The maximum absolute atomic E-state index is 0. The fraction of sp³-hybridized carbons (Fsp3) is 0. The van der Waals surface area contributed by atoms with Crippen LogP contribution in [0, 0.1) is 0 Å². The summed E-state index contributed by atoms with van der Waals surface area (Å²) in [7, 11) is 0. The Hall–Kier alpha value is 4.53. The van der Waals surface area contributed by atoms with Crippen molar-refractivity contribution in [2.24, 2.45) is 0 Å². The van der Waals surface area contributed by atoms with Crippen molar-refractivity contribution >= 4 is 119 Å². The van der Waals surface area contributed by atoms with Crippen molar-refractivity contribution < 1.29 is 34.1 Å². The van der Waals surface area contributed by atoms with Crippen LogP contribution in [-0.4, -0.2) is 51.7 Å². The van der Waals surface area contributed by atoms with Gasteiger partial charge in [-0.25, -0.2) is 0 Å².